The van der Waals surface area contributed by atoms with Crippen LogP contribution < -0.4 is 26.4 Å². The van der Waals surface area contributed by atoms with Gasteiger partial charge in [-0.2, -0.15) is 132 Å². The zero-order valence-electron chi connectivity index (χ0n) is 37.9. The van der Waals surface area contributed by atoms with Crippen molar-refractivity contribution in [1.29, 1.82) is 0 Å². The van der Waals surface area contributed by atoms with E-state index in [-0.39, 0.29) is 18.3 Å². The summed E-state index contributed by atoms with van der Waals surface area (Å²) in [5.74, 6) is -0.374. The van der Waals surface area contributed by atoms with Gasteiger partial charge in [0, 0.05) is 17.7 Å². The predicted octanol–water partition coefficient (Wildman–Crippen LogP) is 13.2. The molecule has 0 atom stereocenters. The van der Waals surface area contributed by atoms with Gasteiger partial charge in [-0.3, -0.25) is 4.79 Å². The molecule has 0 N–H and O–H groups in total. The van der Waals surface area contributed by atoms with Crippen LogP contribution in [0.2, 0.25) is 0 Å². The molecule has 0 aliphatic carbocycles. The highest BCUT2D eigenvalue weighted by Crippen LogP contribution is 2.41. The maximum Gasteiger partial charge on any atom is 0.416 e. The number of pyridine rings is 1. The van der Waals surface area contributed by atoms with Gasteiger partial charge in [-0.25, -0.2) is 4.79 Å². The van der Waals surface area contributed by atoms with Gasteiger partial charge in [0.15, 0.2) is 12.4 Å². The highest BCUT2D eigenvalue weighted by molar-refractivity contribution is 7.20. The molecule has 0 radical (unpaired) electrons. The summed E-state index contributed by atoms with van der Waals surface area (Å²) in [6.07, 6.45) is -51.1. The number of alkyl halides is 24. The highest BCUT2D eigenvalue weighted by Gasteiger charge is 2.47. The Bertz CT molecular complexity index is 2660. The third kappa shape index (κ3) is 14.4. The Morgan fingerprint density at radius 2 is 0.610 bits per heavy atom. The molecule has 0 aliphatic heterocycles. The summed E-state index contributed by atoms with van der Waals surface area (Å²) in [5.41, 5.74) is -29.2. The molecule has 0 fully saturated rings. The first kappa shape index (κ1) is 60.6. The van der Waals surface area contributed by atoms with E-state index >= 15 is 0 Å². The van der Waals surface area contributed by atoms with E-state index in [0.29, 0.717) is 17.7 Å². The molecule has 1 aromatic heterocycles. The monoisotopic (exact) mass is 1130 g/mol. The van der Waals surface area contributed by atoms with E-state index < -0.39 is 195 Å². The molecule has 5 aromatic carbocycles. The minimum Gasteiger partial charge on any atom is -0.462 e. The molecular weight excluding hydrogens is 1110 g/mol. The van der Waals surface area contributed by atoms with Gasteiger partial charge in [0.2, 0.25) is 12.3 Å². The lowest BCUT2D eigenvalue weighted by Gasteiger charge is -2.46. The molecule has 0 unspecified atom stereocenters. The standard InChI is InChI=1S/C32H12BF24.C16H16NO3/c34-25(35,36)13-1-14(26(37,38)39)6-21(5-13)33(22-7-15(27(40,41)42)2-16(8-22)28(43,44)45,23-9-17(29(46,47)48)3-18(10-23)30(49,50)51)24-11-19(31(52,53)54)4-20(12-24)32(55,56)57;1-2-20-16(19)14-8-6-13(7-9-14)15(18)12-17-10-4-3-5-11-17/h1-12H;3-11H,2,12H2,1H3/q-1;+1. The fourth-order valence-corrected chi connectivity index (χ4v) is 7.87. The second kappa shape index (κ2) is 21.3. The Morgan fingerprint density at radius 3 is 0.831 bits per heavy atom. The van der Waals surface area contributed by atoms with E-state index in [1.807, 2.05) is 35.2 Å². The number of carbonyl (C=O) groups excluding carboxylic acids is 2. The lowest BCUT2D eigenvalue weighted by atomic mass is 9.12. The molecule has 6 aromatic rings. The summed E-state index contributed by atoms with van der Waals surface area (Å²) < 4.78 is 348. The number of benzene rings is 5. The summed E-state index contributed by atoms with van der Waals surface area (Å²) in [7, 11) is 0. The van der Waals surface area contributed by atoms with Gasteiger partial charge in [0.1, 0.15) is 6.15 Å². The maximum atomic E-state index is 14.2. The largest absolute Gasteiger partial charge is 0.462 e. The van der Waals surface area contributed by atoms with Gasteiger partial charge in [-0.1, -0.05) is 66.7 Å². The van der Waals surface area contributed by atoms with Crippen LogP contribution in [-0.4, -0.2) is 24.5 Å². The van der Waals surface area contributed by atoms with Crippen LogP contribution in [0.1, 0.15) is 72.1 Å². The number of hydrogen-bond acceptors (Lipinski definition) is 3. The average molecular weight is 1130 g/mol. The number of nitrogens with zero attached hydrogens (tertiary/aromatic N) is 1. The van der Waals surface area contributed by atoms with Crippen LogP contribution in [0.3, 0.4) is 0 Å². The third-order valence-electron chi connectivity index (χ3n) is 11.3. The molecule has 1 heterocycles. The van der Waals surface area contributed by atoms with E-state index in [1.165, 1.54) is 0 Å². The number of halogens is 24. The van der Waals surface area contributed by atoms with Crippen molar-refractivity contribution in [3.63, 3.8) is 0 Å². The Kier molecular flexibility index (Phi) is 16.8. The van der Waals surface area contributed by atoms with Crippen molar-refractivity contribution in [2.24, 2.45) is 0 Å². The van der Waals surface area contributed by atoms with Crippen LogP contribution in [0.25, 0.3) is 0 Å². The summed E-state index contributed by atoms with van der Waals surface area (Å²) >= 11 is 0. The smallest absolute Gasteiger partial charge is 0.416 e. The Hall–Kier alpha value is -7.23. The first-order valence-electron chi connectivity index (χ1n) is 21.1. The lowest BCUT2D eigenvalue weighted by Crippen LogP contribution is -2.75. The minimum atomic E-state index is -6.13. The molecular formula is C48H28BF24NO3. The molecule has 77 heavy (non-hydrogen) atoms. The van der Waals surface area contributed by atoms with E-state index in [0.717, 1.165) is 0 Å². The molecule has 414 valence electrons. The number of esters is 1. The normalized spacial score (nSPS) is 13.2. The Balaban J connectivity index is 0.000000455. The number of rotatable bonds is 9. The van der Waals surface area contributed by atoms with Gasteiger partial charge in [-0.15, -0.1) is 0 Å². The van der Waals surface area contributed by atoms with Crippen LogP contribution in [0, 0.1) is 0 Å². The second-order valence-corrected chi connectivity index (χ2v) is 16.5. The van der Waals surface area contributed by atoms with E-state index in [2.05, 4.69) is 0 Å². The van der Waals surface area contributed by atoms with Crippen molar-refractivity contribution in [3.8, 4) is 0 Å². The number of hydrogen-bond donors (Lipinski definition) is 0. The fraction of sp³-hybridized carbons (Fsp3) is 0.229. The van der Waals surface area contributed by atoms with Gasteiger partial charge >= 0.3 is 55.4 Å². The highest BCUT2D eigenvalue weighted by atomic mass is 19.4. The van der Waals surface area contributed by atoms with Crippen molar-refractivity contribution in [2.75, 3.05) is 6.61 Å². The first-order valence-corrected chi connectivity index (χ1v) is 21.1. The fourth-order valence-electron chi connectivity index (χ4n) is 7.87. The van der Waals surface area contributed by atoms with Crippen molar-refractivity contribution in [2.45, 2.75) is 62.9 Å². The van der Waals surface area contributed by atoms with Gasteiger partial charge in [0.05, 0.1) is 56.7 Å². The molecule has 0 bridgehead atoms. The molecule has 0 aliphatic rings. The molecule has 29 heteroatoms. The third-order valence-corrected chi connectivity index (χ3v) is 11.3. The quantitative estimate of drug-likeness (QED) is 0.0477. The van der Waals surface area contributed by atoms with Gasteiger partial charge < -0.3 is 4.74 Å². The van der Waals surface area contributed by atoms with E-state index in [9.17, 15) is 115 Å². The Morgan fingerprint density at radius 1 is 0.377 bits per heavy atom. The summed E-state index contributed by atoms with van der Waals surface area (Å²) in [5, 5.41) is 0. The van der Waals surface area contributed by atoms with Crippen molar-refractivity contribution < 1.29 is 124 Å². The molecule has 0 spiro atoms. The zero-order chi connectivity index (χ0) is 58.3. The molecule has 0 saturated heterocycles. The van der Waals surface area contributed by atoms with E-state index in [4.69, 9.17) is 4.74 Å². The van der Waals surface area contributed by atoms with Crippen LogP contribution >= 0.6 is 0 Å². The van der Waals surface area contributed by atoms with Crippen LogP contribution in [-0.2, 0) is 60.7 Å². The molecule has 0 saturated carbocycles. The van der Waals surface area contributed by atoms with Crippen LogP contribution in [0.4, 0.5) is 105 Å². The summed E-state index contributed by atoms with van der Waals surface area (Å²) in [6, 6.07) is 3.36. The first-order chi connectivity index (χ1) is 35.0. The van der Waals surface area contributed by atoms with Crippen LogP contribution in [0.15, 0.2) is 128 Å². The van der Waals surface area contributed by atoms with Crippen molar-refractivity contribution in [3.05, 3.63) is 183 Å². The molecule has 0 amide bonds. The predicted molar refractivity (Wildman–Crippen MR) is 223 cm³/mol. The van der Waals surface area contributed by atoms with Crippen molar-refractivity contribution in [1.82, 2.24) is 0 Å². The van der Waals surface area contributed by atoms with E-state index in [1.54, 1.807) is 31.2 Å². The van der Waals surface area contributed by atoms with Gasteiger partial charge in [0.25, 0.3) is 0 Å². The average Bonchev–Trinajstić information content (AvgIpc) is 3.30. The van der Waals surface area contributed by atoms with Gasteiger partial charge in [-0.05, 0) is 43.3 Å². The number of aromatic nitrogens is 1. The topological polar surface area (TPSA) is 47.3 Å². The Labute approximate surface area is 416 Å². The number of ether oxygens (including phenoxy) is 1. The minimum absolute atomic E-state index is 0.00314. The summed E-state index contributed by atoms with van der Waals surface area (Å²) in [4.78, 5) is 23.6. The van der Waals surface area contributed by atoms with Crippen molar-refractivity contribution >= 4 is 39.7 Å². The summed E-state index contributed by atoms with van der Waals surface area (Å²) in [6.45, 7) is 2.37. The number of Topliss-reactive ketones (excluding diaryl/α,β-unsaturated/α-hetero) is 1. The SMILES string of the molecule is CCOC(=O)c1ccc(C(=O)C[n+]2ccccc2)cc1.FC(F)(F)c1cc([B-](c2cc(C(F)(F)F)cc(C(F)(F)F)c2)(c2cc(C(F)(F)F)cc(C(F)(F)F)c2)c2cc(C(F)(F)F)cc(C(F)(F)F)c2)cc(C(F)(F)F)c1. The molecule has 6 rings (SSSR count). The lowest BCUT2D eigenvalue weighted by molar-refractivity contribution is -0.683. The maximum absolute atomic E-state index is 14.2. The second-order valence-electron chi connectivity index (χ2n) is 16.5. The number of carbonyl (C=O) groups is 2. The number of ketones is 1. The molecule has 4 nitrogen and oxygen atoms in total. The zero-order valence-corrected chi connectivity index (χ0v) is 37.9. The van der Waals surface area contributed by atoms with Crippen LogP contribution in [0.5, 0.6) is 0 Å².